The number of para-hydroxylation sites is 1. The Morgan fingerprint density at radius 1 is 1.03 bits per heavy atom. The molecule has 7 nitrogen and oxygen atoms in total. The van der Waals surface area contributed by atoms with E-state index < -0.39 is 23.7 Å². The molecule has 1 heterocycles. The first-order chi connectivity index (χ1) is 15.2. The SMILES string of the molecule is COC(=O)CN(CCc1ccccc1)C(=O)[C@H]1Cc2ccccc2N1C(=O)OC(C)(C)C. The van der Waals surface area contributed by atoms with E-state index in [1.165, 1.54) is 16.9 Å². The molecule has 0 saturated carbocycles. The van der Waals surface area contributed by atoms with Crippen LogP contribution in [0.15, 0.2) is 54.6 Å². The normalized spacial score (nSPS) is 15.1. The minimum atomic E-state index is -0.789. The molecule has 2 aromatic carbocycles. The number of nitrogens with zero attached hydrogens (tertiary/aromatic N) is 2. The van der Waals surface area contributed by atoms with Crippen LogP contribution in [-0.4, -0.2) is 54.7 Å². The Kier molecular flexibility index (Phi) is 7.18. The van der Waals surface area contributed by atoms with Gasteiger partial charge in [-0.15, -0.1) is 0 Å². The molecule has 1 aliphatic heterocycles. The highest BCUT2D eigenvalue weighted by atomic mass is 16.6. The first-order valence-corrected chi connectivity index (χ1v) is 10.7. The Bertz CT molecular complexity index is 968. The van der Waals surface area contributed by atoms with Crippen molar-refractivity contribution in [1.29, 1.82) is 0 Å². The standard InChI is InChI=1S/C25H30N2O5/c1-25(2,3)32-24(30)27-20-13-9-8-12-19(20)16-21(27)23(29)26(17-22(28)31-4)15-14-18-10-6-5-7-11-18/h5-13,21H,14-17H2,1-4H3/t21-/m1/s1. The quantitative estimate of drug-likeness (QED) is 0.644. The van der Waals surface area contributed by atoms with E-state index in [1.807, 2.05) is 48.5 Å². The molecule has 0 N–H and O–H groups in total. The maximum absolute atomic E-state index is 13.6. The Morgan fingerprint density at radius 3 is 2.34 bits per heavy atom. The van der Waals surface area contributed by atoms with Crippen molar-refractivity contribution in [2.45, 2.75) is 45.3 Å². The molecule has 170 valence electrons. The van der Waals surface area contributed by atoms with Crippen molar-refractivity contribution >= 4 is 23.7 Å². The van der Waals surface area contributed by atoms with Crippen molar-refractivity contribution in [2.75, 3.05) is 25.1 Å². The second-order valence-corrected chi connectivity index (χ2v) is 8.77. The molecule has 0 spiro atoms. The fourth-order valence-electron chi connectivity index (χ4n) is 3.73. The van der Waals surface area contributed by atoms with Crippen LogP contribution in [-0.2, 0) is 31.9 Å². The van der Waals surface area contributed by atoms with Crippen molar-refractivity contribution in [1.82, 2.24) is 4.90 Å². The van der Waals surface area contributed by atoms with Crippen LogP contribution in [0.1, 0.15) is 31.9 Å². The monoisotopic (exact) mass is 438 g/mol. The molecule has 0 saturated heterocycles. The van der Waals surface area contributed by atoms with Crippen LogP contribution in [0.25, 0.3) is 0 Å². The van der Waals surface area contributed by atoms with Gasteiger partial charge in [0.25, 0.3) is 0 Å². The molecular weight excluding hydrogens is 408 g/mol. The fraction of sp³-hybridized carbons (Fsp3) is 0.400. The summed E-state index contributed by atoms with van der Waals surface area (Å²) >= 11 is 0. The first-order valence-electron chi connectivity index (χ1n) is 10.7. The maximum Gasteiger partial charge on any atom is 0.415 e. The molecule has 0 bridgehead atoms. The van der Waals surface area contributed by atoms with Gasteiger partial charge in [-0.05, 0) is 44.4 Å². The van der Waals surface area contributed by atoms with Crippen LogP contribution < -0.4 is 4.90 Å². The molecule has 0 radical (unpaired) electrons. The summed E-state index contributed by atoms with van der Waals surface area (Å²) in [5, 5.41) is 0. The maximum atomic E-state index is 13.6. The lowest BCUT2D eigenvalue weighted by Gasteiger charge is -2.31. The lowest BCUT2D eigenvalue weighted by Crippen LogP contribution is -2.52. The van der Waals surface area contributed by atoms with Gasteiger partial charge in [0.05, 0.1) is 12.8 Å². The smallest absolute Gasteiger partial charge is 0.415 e. The van der Waals surface area contributed by atoms with E-state index in [-0.39, 0.29) is 12.5 Å². The van der Waals surface area contributed by atoms with Gasteiger partial charge in [-0.1, -0.05) is 48.5 Å². The van der Waals surface area contributed by atoms with E-state index >= 15 is 0 Å². The minimum Gasteiger partial charge on any atom is -0.468 e. The van der Waals surface area contributed by atoms with Gasteiger partial charge in [-0.3, -0.25) is 14.5 Å². The van der Waals surface area contributed by atoms with E-state index in [1.54, 1.807) is 26.8 Å². The highest BCUT2D eigenvalue weighted by Crippen LogP contribution is 2.34. The topological polar surface area (TPSA) is 76.2 Å². The summed E-state index contributed by atoms with van der Waals surface area (Å²) in [6.07, 6.45) is 0.356. The number of hydrogen-bond donors (Lipinski definition) is 0. The Morgan fingerprint density at radius 2 is 1.69 bits per heavy atom. The molecule has 1 aliphatic rings. The molecule has 1 atom stereocenters. The second-order valence-electron chi connectivity index (χ2n) is 8.77. The van der Waals surface area contributed by atoms with Crippen LogP contribution in [0.3, 0.4) is 0 Å². The largest absolute Gasteiger partial charge is 0.468 e. The van der Waals surface area contributed by atoms with Crippen LogP contribution in [0.4, 0.5) is 10.5 Å². The lowest BCUT2D eigenvalue weighted by molar-refractivity contribution is -0.147. The van der Waals surface area contributed by atoms with Gasteiger partial charge >= 0.3 is 12.1 Å². The second kappa shape index (κ2) is 9.85. The third kappa shape index (κ3) is 5.66. The Balaban J connectivity index is 1.86. The van der Waals surface area contributed by atoms with Gasteiger partial charge < -0.3 is 14.4 Å². The van der Waals surface area contributed by atoms with Crippen molar-refractivity contribution in [3.8, 4) is 0 Å². The van der Waals surface area contributed by atoms with Crippen molar-refractivity contribution in [3.05, 3.63) is 65.7 Å². The van der Waals surface area contributed by atoms with Crippen LogP contribution in [0, 0.1) is 0 Å². The number of rotatable bonds is 6. The number of fused-ring (bicyclic) bond motifs is 1. The number of carbonyl (C=O) groups is 3. The summed E-state index contributed by atoms with van der Waals surface area (Å²) in [5.74, 6) is -0.820. The van der Waals surface area contributed by atoms with Gasteiger partial charge in [-0.25, -0.2) is 4.79 Å². The summed E-state index contributed by atoms with van der Waals surface area (Å²) in [4.78, 5) is 41.6. The highest BCUT2D eigenvalue weighted by molar-refractivity contribution is 6.01. The van der Waals surface area contributed by atoms with E-state index in [0.29, 0.717) is 25.1 Å². The number of carbonyl (C=O) groups excluding carboxylic acids is 3. The van der Waals surface area contributed by atoms with Crippen molar-refractivity contribution < 1.29 is 23.9 Å². The molecular formula is C25H30N2O5. The highest BCUT2D eigenvalue weighted by Gasteiger charge is 2.42. The van der Waals surface area contributed by atoms with Crippen LogP contribution in [0.2, 0.25) is 0 Å². The van der Waals surface area contributed by atoms with Gasteiger partial charge in [0, 0.05) is 13.0 Å². The Hall–Kier alpha value is -3.35. The summed E-state index contributed by atoms with van der Waals surface area (Å²) in [7, 11) is 1.29. The first kappa shape index (κ1) is 23.3. The zero-order valence-corrected chi connectivity index (χ0v) is 19.0. The molecule has 2 aromatic rings. The molecule has 3 rings (SSSR count). The third-order valence-electron chi connectivity index (χ3n) is 5.22. The summed E-state index contributed by atoms with van der Waals surface area (Å²) in [6, 6.07) is 16.3. The minimum absolute atomic E-state index is 0.183. The number of amides is 2. The predicted molar refractivity (Wildman–Crippen MR) is 121 cm³/mol. The fourth-order valence-corrected chi connectivity index (χ4v) is 3.73. The number of esters is 1. The molecule has 0 aliphatic carbocycles. The van der Waals surface area contributed by atoms with Gasteiger partial charge in [0.2, 0.25) is 5.91 Å². The molecule has 0 fully saturated rings. The Labute approximate surface area is 188 Å². The summed E-state index contributed by atoms with van der Waals surface area (Å²) < 4.78 is 10.4. The van der Waals surface area contributed by atoms with Gasteiger partial charge in [-0.2, -0.15) is 0 Å². The molecule has 0 aromatic heterocycles. The number of anilines is 1. The molecule has 32 heavy (non-hydrogen) atoms. The molecule has 0 unspecified atom stereocenters. The van der Waals surface area contributed by atoms with Crippen LogP contribution >= 0.6 is 0 Å². The van der Waals surface area contributed by atoms with E-state index in [2.05, 4.69) is 0 Å². The van der Waals surface area contributed by atoms with Crippen molar-refractivity contribution in [2.24, 2.45) is 0 Å². The number of benzene rings is 2. The average molecular weight is 439 g/mol. The zero-order chi connectivity index (χ0) is 23.3. The van der Waals surface area contributed by atoms with Gasteiger partial charge in [0.1, 0.15) is 18.2 Å². The predicted octanol–water partition coefficient (Wildman–Crippen LogP) is 3.60. The van der Waals surface area contributed by atoms with E-state index in [4.69, 9.17) is 9.47 Å². The molecule has 2 amide bonds. The van der Waals surface area contributed by atoms with Crippen molar-refractivity contribution in [3.63, 3.8) is 0 Å². The summed E-state index contributed by atoms with van der Waals surface area (Å²) in [6.45, 7) is 5.50. The van der Waals surface area contributed by atoms with Crippen LogP contribution in [0.5, 0.6) is 0 Å². The summed E-state index contributed by atoms with van der Waals surface area (Å²) in [5.41, 5.74) is 1.88. The number of hydrogen-bond acceptors (Lipinski definition) is 5. The van der Waals surface area contributed by atoms with Gasteiger partial charge in [0.15, 0.2) is 0 Å². The third-order valence-corrected chi connectivity index (χ3v) is 5.22. The zero-order valence-electron chi connectivity index (χ0n) is 19.0. The number of ether oxygens (including phenoxy) is 2. The molecule has 7 heteroatoms. The van der Waals surface area contributed by atoms with E-state index in [9.17, 15) is 14.4 Å². The lowest BCUT2D eigenvalue weighted by atomic mass is 10.1. The van der Waals surface area contributed by atoms with E-state index in [0.717, 1.165) is 11.1 Å². The average Bonchev–Trinajstić information content (AvgIpc) is 3.15. The number of methoxy groups -OCH3 is 1.